The summed E-state index contributed by atoms with van der Waals surface area (Å²) in [5.41, 5.74) is 4.38. The van der Waals surface area contributed by atoms with Crippen molar-refractivity contribution in [3.63, 3.8) is 0 Å². The lowest BCUT2D eigenvalue weighted by molar-refractivity contribution is -0.0240. The van der Waals surface area contributed by atoms with Crippen LogP contribution in [0.15, 0.2) is 29.2 Å². The van der Waals surface area contributed by atoms with E-state index in [0.29, 0.717) is 6.42 Å². The van der Waals surface area contributed by atoms with Crippen molar-refractivity contribution in [1.82, 2.24) is 0 Å². The van der Waals surface area contributed by atoms with E-state index in [0.717, 1.165) is 23.7 Å². The Morgan fingerprint density at radius 1 is 0.906 bits per heavy atom. The van der Waals surface area contributed by atoms with Crippen LogP contribution in [0, 0.1) is 18.4 Å². The molecule has 0 radical (unpaired) electrons. The summed E-state index contributed by atoms with van der Waals surface area (Å²) in [6.07, 6.45) is -1.34. The fourth-order valence-electron chi connectivity index (χ4n) is 2.98. The molecule has 0 bridgehead atoms. The average molecular weight is 487 g/mol. The van der Waals surface area contributed by atoms with Crippen molar-refractivity contribution in [3.05, 3.63) is 29.8 Å². The van der Waals surface area contributed by atoms with E-state index in [-0.39, 0.29) is 31.3 Å². The minimum atomic E-state index is -3.92. The largest absolute Gasteiger partial charge is 0.390 e. The molecular weight excluding hydrogens is 448 g/mol. The maximum Gasteiger partial charge on any atom is 0.297 e. The Hall–Kier alpha value is -1.25. The summed E-state index contributed by atoms with van der Waals surface area (Å²) in [6, 6.07) is 9.66. The number of hydrogen-bond donors (Lipinski definition) is 2. The zero-order valence-corrected chi connectivity index (χ0v) is 21.5. The first-order chi connectivity index (χ1) is 15.2. The molecule has 0 heterocycles. The second kappa shape index (κ2) is 14.8. The van der Waals surface area contributed by atoms with Gasteiger partial charge in [-0.25, -0.2) is 0 Å². The molecule has 2 atom stereocenters. The summed E-state index contributed by atoms with van der Waals surface area (Å²) in [6.45, 7) is 8.57. The SMILES string of the molecule is CC[Si](C#CC[C@@H](O)COCCOC[C@@H](O)COS(=O)(=O)c1ccc(C)cc1)(CC)CC. The van der Waals surface area contributed by atoms with Gasteiger partial charge >= 0.3 is 0 Å². The molecule has 0 fully saturated rings. The predicted octanol–water partition coefficient (Wildman–Crippen LogP) is 2.90. The lowest BCUT2D eigenvalue weighted by Crippen LogP contribution is -2.29. The van der Waals surface area contributed by atoms with Crippen LogP contribution >= 0.6 is 0 Å². The molecule has 0 saturated carbocycles. The highest BCUT2D eigenvalue weighted by atomic mass is 32.2. The number of aliphatic hydroxyl groups is 2. The number of benzene rings is 1. The lowest BCUT2D eigenvalue weighted by Gasteiger charge is -2.20. The summed E-state index contributed by atoms with van der Waals surface area (Å²) in [5.74, 6) is 3.14. The van der Waals surface area contributed by atoms with Gasteiger partial charge in [-0.15, -0.1) is 11.5 Å². The van der Waals surface area contributed by atoms with Gasteiger partial charge < -0.3 is 19.7 Å². The number of hydrogen-bond acceptors (Lipinski definition) is 7. The van der Waals surface area contributed by atoms with Gasteiger partial charge in [0.05, 0.1) is 44.0 Å². The van der Waals surface area contributed by atoms with Crippen molar-refractivity contribution in [3.8, 4) is 11.5 Å². The normalized spacial score (nSPS) is 13.9. The number of aliphatic hydroxyl groups excluding tert-OH is 2. The first kappa shape index (κ1) is 28.8. The second-order valence-corrected chi connectivity index (χ2v) is 14.4. The minimum Gasteiger partial charge on any atom is -0.390 e. The monoisotopic (exact) mass is 486 g/mol. The topological polar surface area (TPSA) is 102 Å². The van der Waals surface area contributed by atoms with Gasteiger partial charge in [-0.1, -0.05) is 38.5 Å². The molecule has 0 aliphatic rings. The Kier molecular flexibility index (Phi) is 13.3. The van der Waals surface area contributed by atoms with E-state index in [1.807, 2.05) is 6.92 Å². The zero-order chi connectivity index (χ0) is 24.0. The van der Waals surface area contributed by atoms with Crippen LogP contribution in [-0.2, 0) is 23.8 Å². The standard InChI is InChI=1S/C23H38O7SSi/c1-5-32(6-2,7-3)16-8-9-21(24)17-28-14-15-29-18-22(25)19-30-31(26,27)23-12-10-20(4)11-13-23/h10-13,21-22,24-25H,5-7,9,14-15,17-19H2,1-4H3/t21-,22-/m1/s1. The maximum atomic E-state index is 12.1. The molecule has 2 N–H and O–H groups in total. The van der Waals surface area contributed by atoms with Crippen molar-refractivity contribution in [2.75, 3.05) is 33.0 Å². The van der Waals surface area contributed by atoms with Crippen molar-refractivity contribution in [2.45, 2.75) is 69.4 Å². The Labute approximate surface area is 194 Å². The first-order valence-electron chi connectivity index (χ1n) is 11.2. The number of aryl methyl sites for hydroxylation is 1. The van der Waals surface area contributed by atoms with Gasteiger partial charge in [0, 0.05) is 6.42 Å². The van der Waals surface area contributed by atoms with E-state index in [1.54, 1.807) is 12.1 Å². The van der Waals surface area contributed by atoms with E-state index >= 15 is 0 Å². The van der Waals surface area contributed by atoms with Crippen LogP contribution in [0.3, 0.4) is 0 Å². The highest BCUT2D eigenvalue weighted by molar-refractivity contribution is 7.86. The molecule has 1 aromatic carbocycles. The van der Waals surface area contributed by atoms with Crippen LogP contribution in [0.1, 0.15) is 32.8 Å². The summed E-state index contributed by atoms with van der Waals surface area (Å²) in [7, 11) is -5.41. The van der Waals surface area contributed by atoms with Gasteiger partial charge in [-0.05, 0) is 37.2 Å². The van der Waals surface area contributed by atoms with E-state index in [2.05, 4.69) is 32.2 Å². The van der Waals surface area contributed by atoms with Crippen LogP contribution in [-0.4, -0.2) is 71.9 Å². The van der Waals surface area contributed by atoms with E-state index in [1.165, 1.54) is 12.1 Å². The number of ether oxygens (including phenoxy) is 2. The molecule has 0 spiro atoms. The third-order valence-electron chi connectivity index (χ3n) is 5.44. The van der Waals surface area contributed by atoms with Gasteiger partial charge in [0.1, 0.15) is 14.2 Å². The van der Waals surface area contributed by atoms with Gasteiger partial charge in [-0.2, -0.15) is 8.42 Å². The van der Waals surface area contributed by atoms with Crippen LogP contribution in [0.25, 0.3) is 0 Å². The Morgan fingerprint density at radius 3 is 1.97 bits per heavy atom. The molecule has 0 aliphatic carbocycles. The highest BCUT2D eigenvalue weighted by Crippen LogP contribution is 2.18. The molecule has 32 heavy (non-hydrogen) atoms. The third kappa shape index (κ3) is 10.6. The summed E-state index contributed by atoms with van der Waals surface area (Å²) in [4.78, 5) is 0.0416. The fraction of sp³-hybridized carbons (Fsp3) is 0.652. The highest BCUT2D eigenvalue weighted by Gasteiger charge is 2.24. The number of rotatable bonds is 15. The van der Waals surface area contributed by atoms with Crippen LogP contribution in [0.5, 0.6) is 0 Å². The van der Waals surface area contributed by atoms with Gasteiger partial charge in [0.2, 0.25) is 0 Å². The van der Waals surface area contributed by atoms with Crippen molar-refractivity contribution in [1.29, 1.82) is 0 Å². The van der Waals surface area contributed by atoms with E-state index in [9.17, 15) is 18.6 Å². The predicted molar refractivity (Wildman–Crippen MR) is 128 cm³/mol. The zero-order valence-electron chi connectivity index (χ0n) is 19.7. The molecule has 9 heteroatoms. The van der Waals surface area contributed by atoms with Gasteiger partial charge in [0.25, 0.3) is 10.1 Å². The molecule has 1 rings (SSSR count). The lowest BCUT2D eigenvalue weighted by atomic mass is 10.2. The molecule has 0 unspecified atom stereocenters. The molecule has 7 nitrogen and oxygen atoms in total. The van der Waals surface area contributed by atoms with E-state index < -0.39 is 37.0 Å². The Bertz CT molecular complexity index is 803. The maximum absolute atomic E-state index is 12.1. The molecule has 182 valence electrons. The molecule has 0 aliphatic heterocycles. The minimum absolute atomic E-state index is 0.0416. The second-order valence-electron chi connectivity index (χ2n) is 7.86. The summed E-state index contributed by atoms with van der Waals surface area (Å²) in [5, 5.41) is 19.9. The van der Waals surface area contributed by atoms with Crippen molar-refractivity contribution < 1.29 is 32.3 Å². The van der Waals surface area contributed by atoms with Crippen molar-refractivity contribution >= 4 is 18.2 Å². The van der Waals surface area contributed by atoms with Crippen LogP contribution in [0.4, 0.5) is 0 Å². The third-order valence-corrected chi connectivity index (χ3v) is 11.5. The van der Waals surface area contributed by atoms with Gasteiger partial charge in [-0.3, -0.25) is 4.18 Å². The van der Waals surface area contributed by atoms with Crippen LogP contribution < -0.4 is 0 Å². The van der Waals surface area contributed by atoms with Crippen molar-refractivity contribution in [2.24, 2.45) is 0 Å². The summed E-state index contributed by atoms with van der Waals surface area (Å²) >= 11 is 0. The molecule has 1 aromatic rings. The molecule has 0 aromatic heterocycles. The fourth-order valence-corrected chi connectivity index (χ4v) is 6.43. The Morgan fingerprint density at radius 2 is 1.44 bits per heavy atom. The summed E-state index contributed by atoms with van der Waals surface area (Å²) < 4.78 is 39.7. The smallest absolute Gasteiger partial charge is 0.297 e. The van der Waals surface area contributed by atoms with Crippen LogP contribution in [0.2, 0.25) is 18.1 Å². The first-order valence-corrected chi connectivity index (χ1v) is 15.2. The average Bonchev–Trinajstić information content (AvgIpc) is 2.78. The Balaban J connectivity index is 2.19. The molecular formula is C23H38O7SSi. The van der Waals surface area contributed by atoms with E-state index in [4.69, 9.17) is 13.7 Å². The van der Waals surface area contributed by atoms with Gasteiger partial charge in [0.15, 0.2) is 0 Å². The molecule has 0 saturated heterocycles. The quantitative estimate of drug-likeness (QED) is 0.170. The molecule has 0 amide bonds.